The van der Waals surface area contributed by atoms with Gasteiger partial charge in [0.15, 0.2) is 17.2 Å². The van der Waals surface area contributed by atoms with Crippen molar-refractivity contribution in [3.05, 3.63) is 164 Å². The lowest BCUT2D eigenvalue weighted by Crippen LogP contribution is -1.96. The van der Waals surface area contributed by atoms with Crippen LogP contribution in [-0.2, 0) is 0 Å². The van der Waals surface area contributed by atoms with E-state index >= 15 is 0 Å². The van der Waals surface area contributed by atoms with Gasteiger partial charge in [0, 0.05) is 5.56 Å². The Bertz CT molecular complexity index is 3420. The molecule has 0 amide bonds. The first kappa shape index (κ1) is 32.7. The van der Waals surface area contributed by atoms with E-state index in [0.717, 1.165) is 65.7 Å². The van der Waals surface area contributed by atoms with Crippen LogP contribution in [0.2, 0.25) is 0 Å². The minimum atomic E-state index is -0.797. The van der Waals surface area contributed by atoms with Crippen LogP contribution in [0.1, 0.15) is 0 Å². The summed E-state index contributed by atoms with van der Waals surface area (Å²) in [4.78, 5) is 0. The summed E-state index contributed by atoms with van der Waals surface area (Å²) < 4.78 is 0. The monoisotopic (exact) mass is 735 g/mol. The van der Waals surface area contributed by atoms with Crippen LogP contribution in [0.25, 0.3) is 109 Å². The smallest absolute Gasteiger partial charge is 0.203 e. The molecule has 0 radical (unpaired) electrons. The van der Waals surface area contributed by atoms with Crippen molar-refractivity contribution in [1.82, 2.24) is 0 Å². The van der Waals surface area contributed by atoms with E-state index in [1.807, 2.05) is 54.6 Å². The molecule has 5 nitrogen and oxygen atoms in total. The van der Waals surface area contributed by atoms with Gasteiger partial charge >= 0.3 is 0 Å². The highest BCUT2D eigenvalue weighted by Crippen LogP contribution is 2.57. The number of anilines is 1. The molecule has 11 aromatic rings. The molecule has 0 bridgehead atoms. The summed E-state index contributed by atoms with van der Waals surface area (Å²) in [6, 6.07) is 56.9. The van der Waals surface area contributed by atoms with E-state index in [9.17, 15) is 20.4 Å². The topological polar surface area (TPSA) is 107 Å². The minimum Gasteiger partial charge on any atom is -0.505 e. The first-order valence-electron chi connectivity index (χ1n) is 18.9. The average molecular weight is 736 g/mol. The molecule has 270 valence electrons. The molecule has 0 spiro atoms. The number of nitrogens with two attached hydrogens (primary N) is 1. The van der Waals surface area contributed by atoms with Gasteiger partial charge in [-0.15, -0.1) is 0 Å². The summed E-state index contributed by atoms with van der Waals surface area (Å²) in [6.45, 7) is 0. The van der Waals surface area contributed by atoms with Crippen molar-refractivity contribution in [1.29, 1.82) is 0 Å². The molecule has 0 aliphatic carbocycles. The number of phenolic OH excluding ortho intramolecular Hbond substituents is 4. The van der Waals surface area contributed by atoms with Gasteiger partial charge in [0.1, 0.15) is 5.69 Å². The molecule has 0 saturated heterocycles. The van der Waals surface area contributed by atoms with Crippen molar-refractivity contribution in [3.63, 3.8) is 0 Å². The van der Waals surface area contributed by atoms with Crippen LogP contribution in [0.5, 0.6) is 23.0 Å². The van der Waals surface area contributed by atoms with Gasteiger partial charge in [0.05, 0.1) is 5.56 Å². The zero-order chi connectivity index (χ0) is 38.5. The molecule has 0 aliphatic heterocycles. The van der Waals surface area contributed by atoms with Crippen molar-refractivity contribution in [2.45, 2.75) is 0 Å². The molecule has 6 N–H and O–H groups in total. The zero-order valence-corrected chi connectivity index (χ0v) is 30.5. The summed E-state index contributed by atoms with van der Waals surface area (Å²) in [5.41, 5.74) is 12.4. The largest absolute Gasteiger partial charge is 0.505 e. The second-order valence-corrected chi connectivity index (χ2v) is 14.8. The number of hydrogen-bond donors (Lipinski definition) is 5. The van der Waals surface area contributed by atoms with Gasteiger partial charge in [0.2, 0.25) is 5.75 Å². The highest BCUT2D eigenvalue weighted by atomic mass is 16.3. The third-order valence-electron chi connectivity index (χ3n) is 11.8. The fourth-order valence-corrected chi connectivity index (χ4v) is 9.22. The summed E-state index contributed by atoms with van der Waals surface area (Å²) in [5, 5.41) is 57.1. The predicted molar refractivity (Wildman–Crippen MR) is 235 cm³/mol. The second kappa shape index (κ2) is 12.1. The van der Waals surface area contributed by atoms with E-state index in [4.69, 9.17) is 5.73 Å². The molecule has 5 heteroatoms. The molecular formula is C52H33NO4. The molecule has 0 aromatic heterocycles. The van der Waals surface area contributed by atoms with Crippen LogP contribution in [-0.4, -0.2) is 20.4 Å². The van der Waals surface area contributed by atoms with Crippen molar-refractivity contribution in [3.8, 4) is 67.5 Å². The Morgan fingerprint density at radius 1 is 0.298 bits per heavy atom. The quantitative estimate of drug-likeness (QED) is 0.0407. The van der Waals surface area contributed by atoms with Gasteiger partial charge in [0.25, 0.3) is 0 Å². The molecule has 0 heterocycles. The third kappa shape index (κ3) is 4.63. The number of rotatable bonds is 4. The number of fused-ring (bicyclic) bond motifs is 3. The van der Waals surface area contributed by atoms with Crippen molar-refractivity contribution in [2.24, 2.45) is 0 Å². The van der Waals surface area contributed by atoms with E-state index in [-0.39, 0.29) is 5.56 Å². The average Bonchev–Trinajstić information content (AvgIpc) is 3.26. The first-order chi connectivity index (χ1) is 27.9. The molecule has 57 heavy (non-hydrogen) atoms. The Hall–Kier alpha value is -7.76. The number of hydrogen-bond acceptors (Lipinski definition) is 5. The second-order valence-electron chi connectivity index (χ2n) is 14.8. The Kier molecular flexibility index (Phi) is 6.94. The van der Waals surface area contributed by atoms with Crippen LogP contribution in [0.3, 0.4) is 0 Å². The maximum Gasteiger partial charge on any atom is 0.203 e. The lowest BCUT2D eigenvalue weighted by Gasteiger charge is -2.22. The molecular weight excluding hydrogens is 703 g/mol. The summed E-state index contributed by atoms with van der Waals surface area (Å²) in [7, 11) is 0. The Morgan fingerprint density at radius 2 is 0.825 bits per heavy atom. The Morgan fingerprint density at radius 3 is 1.56 bits per heavy atom. The van der Waals surface area contributed by atoms with Gasteiger partial charge in [-0.25, -0.2) is 0 Å². The molecule has 0 fully saturated rings. The van der Waals surface area contributed by atoms with Crippen LogP contribution < -0.4 is 5.73 Å². The van der Waals surface area contributed by atoms with Gasteiger partial charge in [-0.3, -0.25) is 0 Å². The molecule has 11 aromatic carbocycles. The summed E-state index contributed by atoms with van der Waals surface area (Å²) >= 11 is 0. The fourth-order valence-electron chi connectivity index (χ4n) is 9.22. The van der Waals surface area contributed by atoms with Crippen LogP contribution in [0.15, 0.2) is 164 Å². The number of benzene rings is 11. The number of nitrogen functional groups attached to an aromatic ring is 1. The van der Waals surface area contributed by atoms with E-state index in [1.54, 1.807) is 0 Å². The number of aromatic hydroxyl groups is 4. The predicted octanol–water partition coefficient (Wildman–Crippen LogP) is 13.1. The van der Waals surface area contributed by atoms with Crippen molar-refractivity contribution >= 4 is 70.3 Å². The van der Waals surface area contributed by atoms with E-state index in [0.29, 0.717) is 5.56 Å². The summed E-state index contributed by atoms with van der Waals surface area (Å²) in [6.07, 6.45) is 0. The fraction of sp³-hybridized carbons (Fsp3) is 0. The van der Waals surface area contributed by atoms with E-state index < -0.39 is 28.7 Å². The van der Waals surface area contributed by atoms with Gasteiger partial charge in [-0.2, -0.15) is 0 Å². The van der Waals surface area contributed by atoms with Crippen LogP contribution in [0, 0.1) is 0 Å². The normalized spacial score (nSPS) is 11.9. The summed E-state index contributed by atoms with van der Waals surface area (Å²) in [5.74, 6) is -2.75. The Labute approximate surface area is 326 Å². The minimum absolute atomic E-state index is 0.0602. The molecule has 11 rings (SSSR count). The Balaban J connectivity index is 1.24. The van der Waals surface area contributed by atoms with Crippen molar-refractivity contribution < 1.29 is 20.4 Å². The van der Waals surface area contributed by atoms with E-state index in [2.05, 4.69) is 109 Å². The standard InChI is InChI=1S/C52H33NO4/c53-48-49(54)47(50(55)52(57)51(48)56)46-38-16-7-6-15-37(38)45(41-24-21-32(27-42(41)46)28-9-2-1-3-10-28)40-26-25-35(33-13-4-5-14-34(33)40)36-22-19-31-18-17-29-11-8-12-30-20-23-39(36)44(31)43(29)30/h1-27,54-57H,53H2. The highest BCUT2D eigenvalue weighted by Gasteiger charge is 2.28. The van der Waals surface area contributed by atoms with Crippen LogP contribution in [0.4, 0.5) is 5.69 Å². The maximum absolute atomic E-state index is 11.5. The first-order valence-corrected chi connectivity index (χ1v) is 18.9. The zero-order valence-electron chi connectivity index (χ0n) is 30.5. The number of phenols is 4. The SMILES string of the molecule is Nc1c(O)c(O)c(O)c(-c2c3ccccc3c(-c3ccc(-c4ccc5ccc6cccc7ccc4c5c67)c4ccccc34)c3ccc(-c4ccccc4)cc23)c1O. The lowest BCUT2D eigenvalue weighted by molar-refractivity contribution is 0.364. The van der Waals surface area contributed by atoms with Gasteiger partial charge in [-0.1, -0.05) is 158 Å². The van der Waals surface area contributed by atoms with Gasteiger partial charge < -0.3 is 26.2 Å². The van der Waals surface area contributed by atoms with Crippen LogP contribution >= 0.6 is 0 Å². The van der Waals surface area contributed by atoms with Crippen molar-refractivity contribution in [2.75, 3.05) is 5.73 Å². The van der Waals surface area contributed by atoms with Gasteiger partial charge in [-0.05, 0) is 104 Å². The van der Waals surface area contributed by atoms with E-state index in [1.165, 1.54) is 32.3 Å². The molecule has 0 atom stereocenters. The maximum atomic E-state index is 11.5. The third-order valence-corrected chi connectivity index (χ3v) is 11.8. The molecule has 0 saturated carbocycles. The molecule has 0 aliphatic rings. The lowest BCUT2D eigenvalue weighted by atomic mass is 9.82. The molecule has 0 unspecified atom stereocenters. The highest BCUT2D eigenvalue weighted by molar-refractivity contribution is 6.28.